The normalized spacial score (nSPS) is 16.2. The summed E-state index contributed by atoms with van der Waals surface area (Å²) in [5.74, 6) is -1.77. The van der Waals surface area contributed by atoms with Crippen molar-refractivity contribution in [3.8, 4) is 5.75 Å². The Labute approximate surface area is 160 Å². The van der Waals surface area contributed by atoms with Gasteiger partial charge in [-0.25, -0.2) is 9.37 Å². The highest BCUT2D eigenvalue weighted by molar-refractivity contribution is 5.94. The minimum atomic E-state index is -0.757. The van der Waals surface area contributed by atoms with E-state index in [1.165, 1.54) is 38.2 Å². The molecule has 1 fully saturated rings. The van der Waals surface area contributed by atoms with Gasteiger partial charge in [-0.15, -0.1) is 0 Å². The van der Waals surface area contributed by atoms with Crippen LogP contribution in [0.5, 0.6) is 5.75 Å². The second-order valence-corrected chi connectivity index (χ2v) is 6.71. The molecule has 0 saturated carbocycles. The molecule has 0 aliphatic carbocycles. The van der Waals surface area contributed by atoms with Crippen LogP contribution in [0.15, 0.2) is 29.1 Å². The van der Waals surface area contributed by atoms with Gasteiger partial charge in [0.2, 0.25) is 11.7 Å². The van der Waals surface area contributed by atoms with Crippen molar-refractivity contribution in [1.29, 1.82) is 0 Å². The first-order valence-corrected chi connectivity index (χ1v) is 8.89. The zero-order chi connectivity index (χ0) is 20.4. The summed E-state index contributed by atoms with van der Waals surface area (Å²) in [6, 6.07) is 5.14. The predicted molar refractivity (Wildman–Crippen MR) is 98.1 cm³/mol. The summed E-state index contributed by atoms with van der Waals surface area (Å²) in [6.07, 6.45) is 1.37. The third kappa shape index (κ3) is 3.73. The fourth-order valence-electron chi connectivity index (χ4n) is 3.34. The Bertz CT molecular complexity index is 971. The number of hydrogen-bond acceptors (Lipinski definition) is 5. The largest absolute Gasteiger partial charge is 0.501 e. The molecule has 2 amide bonds. The predicted octanol–water partition coefficient (Wildman–Crippen LogP) is 1.24. The first-order valence-electron chi connectivity index (χ1n) is 8.89. The third-order valence-corrected chi connectivity index (χ3v) is 4.84. The number of nitrogens with one attached hydrogen (secondary N) is 1. The highest BCUT2D eigenvalue weighted by Gasteiger charge is 2.33. The fourth-order valence-corrected chi connectivity index (χ4v) is 3.34. The summed E-state index contributed by atoms with van der Waals surface area (Å²) in [7, 11) is 1.45. The van der Waals surface area contributed by atoms with E-state index >= 15 is 0 Å². The third-order valence-electron chi connectivity index (χ3n) is 4.84. The Morgan fingerprint density at radius 2 is 2.00 bits per heavy atom. The number of nitrogens with zero attached hydrogens (tertiary/aromatic N) is 3. The van der Waals surface area contributed by atoms with Gasteiger partial charge >= 0.3 is 0 Å². The number of halogens is 1. The van der Waals surface area contributed by atoms with Crippen LogP contribution in [0.3, 0.4) is 0 Å². The van der Waals surface area contributed by atoms with Crippen molar-refractivity contribution < 1.29 is 19.1 Å². The summed E-state index contributed by atoms with van der Waals surface area (Å²) >= 11 is 0. The lowest BCUT2D eigenvalue weighted by Gasteiger charge is -2.24. The van der Waals surface area contributed by atoms with Gasteiger partial charge in [0, 0.05) is 27.1 Å². The average Bonchev–Trinajstić information content (AvgIpc) is 3.15. The molecular formula is C19H21FN4O4. The minimum Gasteiger partial charge on any atom is -0.501 e. The van der Waals surface area contributed by atoms with E-state index in [0.29, 0.717) is 18.5 Å². The van der Waals surface area contributed by atoms with E-state index in [-0.39, 0.29) is 18.3 Å². The van der Waals surface area contributed by atoms with Gasteiger partial charge in [0.15, 0.2) is 5.69 Å². The van der Waals surface area contributed by atoms with Crippen LogP contribution in [0, 0.1) is 5.82 Å². The number of carbonyl (C=O) groups excluding carboxylic acids is 2. The molecule has 1 aliphatic rings. The molecule has 3 rings (SSSR count). The number of benzene rings is 1. The Hall–Kier alpha value is -3.23. The first-order chi connectivity index (χ1) is 13.3. The molecule has 0 spiro atoms. The molecule has 2 N–H and O–H groups in total. The van der Waals surface area contributed by atoms with Gasteiger partial charge in [0.25, 0.3) is 11.5 Å². The van der Waals surface area contributed by atoms with E-state index in [9.17, 15) is 23.9 Å². The summed E-state index contributed by atoms with van der Waals surface area (Å²) < 4.78 is 14.1. The van der Waals surface area contributed by atoms with Gasteiger partial charge in [-0.1, -0.05) is 12.1 Å². The molecule has 1 aromatic heterocycles. The fraction of sp³-hybridized carbons (Fsp3) is 0.368. The smallest absolute Gasteiger partial charge is 0.296 e. The van der Waals surface area contributed by atoms with E-state index < -0.39 is 34.8 Å². The van der Waals surface area contributed by atoms with Crippen LogP contribution >= 0.6 is 0 Å². The molecule has 0 bridgehead atoms. The molecule has 2 aromatic rings. The quantitative estimate of drug-likeness (QED) is 0.820. The lowest BCUT2D eigenvalue weighted by atomic mass is 10.2. The van der Waals surface area contributed by atoms with Gasteiger partial charge in [-0.2, -0.15) is 0 Å². The molecule has 0 radical (unpaired) electrons. The second kappa shape index (κ2) is 7.79. The topological polar surface area (TPSA) is 105 Å². The van der Waals surface area contributed by atoms with Gasteiger partial charge < -0.3 is 15.3 Å². The van der Waals surface area contributed by atoms with Crippen LogP contribution < -0.4 is 10.9 Å². The molecule has 9 heteroatoms. The number of hydrogen-bond donors (Lipinski definition) is 2. The number of carbonyl (C=O) groups is 2. The lowest BCUT2D eigenvalue weighted by Crippen LogP contribution is -2.35. The molecule has 0 unspecified atom stereocenters. The van der Waals surface area contributed by atoms with Crippen molar-refractivity contribution in [2.75, 3.05) is 6.54 Å². The van der Waals surface area contributed by atoms with E-state index in [4.69, 9.17) is 0 Å². The molecule has 8 nitrogen and oxygen atoms in total. The van der Waals surface area contributed by atoms with Crippen molar-refractivity contribution in [1.82, 2.24) is 19.8 Å². The summed E-state index contributed by atoms with van der Waals surface area (Å²) in [5.41, 5.74) is -0.500. The first kappa shape index (κ1) is 19.5. The molecule has 28 heavy (non-hydrogen) atoms. The second-order valence-electron chi connectivity index (χ2n) is 6.71. The lowest BCUT2D eigenvalue weighted by molar-refractivity contribution is -0.129. The van der Waals surface area contributed by atoms with Crippen molar-refractivity contribution in [3.63, 3.8) is 0 Å². The highest BCUT2D eigenvalue weighted by Crippen LogP contribution is 2.30. The molecule has 1 aromatic carbocycles. The maximum Gasteiger partial charge on any atom is 0.296 e. The van der Waals surface area contributed by atoms with Crippen LogP contribution in [0.4, 0.5) is 4.39 Å². The van der Waals surface area contributed by atoms with Gasteiger partial charge in [-0.05, 0) is 30.5 Å². The van der Waals surface area contributed by atoms with Gasteiger partial charge in [0.05, 0.1) is 6.04 Å². The van der Waals surface area contributed by atoms with Crippen LogP contribution in [0.25, 0.3) is 0 Å². The maximum atomic E-state index is 13.0. The monoisotopic (exact) mass is 388 g/mol. The van der Waals surface area contributed by atoms with Crippen molar-refractivity contribution >= 4 is 11.8 Å². The number of aromatic hydroxyl groups is 1. The summed E-state index contributed by atoms with van der Waals surface area (Å²) in [6.45, 7) is 2.06. The van der Waals surface area contributed by atoms with E-state index in [0.717, 1.165) is 11.0 Å². The Morgan fingerprint density at radius 1 is 1.32 bits per heavy atom. The maximum absolute atomic E-state index is 13.0. The summed E-state index contributed by atoms with van der Waals surface area (Å²) in [4.78, 5) is 42.6. The molecule has 1 saturated heterocycles. The highest BCUT2D eigenvalue weighted by atomic mass is 19.1. The Kier molecular flexibility index (Phi) is 5.43. The molecule has 148 valence electrons. The molecule has 1 aliphatic heterocycles. The van der Waals surface area contributed by atoms with Gasteiger partial charge in [0.1, 0.15) is 11.6 Å². The average molecular weight is 388 g/mol. The standard InChI is InChI=1S/C19H21FN4O4/c1-11(25)24-9-3-4-14(24)17-22-15(16(26)19(28)23(17)2)18(27)21-10-12-5-7-13(20)8-6-12/h5-8,14,26H,3-4,9-10H2,1-2H3,(H,21,27)/t14-/m0/s1. The van der Waals surface area contributed by atoms with Crippen LogP contribution in [0.2, 0.25) is 0 Å². The van der Waals surface area contributed by atoms with Crippen LogP contribution in [-0.4, -0.2) is 37.9 Å². The van der Waals surface area contributed by atoms with Gasteiger partial charge in [-0.3, -0.25) is 19.0 Å². The molecular weight excluding hydrogens is 367 g/mol. The van der Waals surface area contributed by atoms with Crippen LogP contribution in [0.1, 0.15) is 47.7 Å². The van der Waals surface area contributed by atoms with Crippen LogP contribution in [-0.2, 0) is 18.4 Å². The van der Waals surface area contributed by atoms with Crippen molar-refractivity contribution in [2.24, 2.45) is 7.05 Å². The minimum absolute atomic E-state index is 0.0772. The number of rotatable bonds is 4. The van der Waals surface area contributed by atoms with Crippen molar-refractivity contribution in [2.45, 2.75) is 32.4 Å². The molecule has 2 heterocycles. The number of likely N-dealkylation sites (tertiary alicyclic amines) is 1. The number of aromatic nitrogens is 2. The summed E-state index contributed by atoms with van der Waals surface area (Å²) in [5, 5.41) is 12.7. The molecule has 1 atom stereocenters. The van der Waals surface area contributed by atoms with Crippen molar-refractivity contribution in [3.05, 3.63) is 57.5 Å². The Morgan fingerprint density at radius 3 is 2.64 bits per heavy atom. The van der Waals surface area contributed by atoms with E-state index in [2.05, 4.69) is 10.3 Å². The van der Waals surface area contributed by atoms with E-state index in [1.54, 1.807) is 4.90 Å². The van der Waals surface area contributed by atoms with E-state index in [1.807, 2.05) is 0 Å². The number of amides is 2. The SMILES string of the molecule is CC(=O)N1CCC[C@H]1c1nc(C(=O)NCc2ccc(F)cc2)c(O)c(=O)n1C. The zero-order valence-electron chi connectivity index (χ0n) is 15.6. The zero-order valence-corrected chi connectivity index (χ0v) is 15.6. The Balaban J connectivity index is 1.89.